The van der Waals surface area contributed by atoms with Gasteiger partial charge >= 0.3 is 0 Å². The summed E-state index contributed by atoms with van der Waals surface area (Å²) in [4.78, 5) is 10.5. The van der Waals surface area contributed by atoms with Gasteiger partial charge < -0.3 is 5.11 Å². The van der Waals surface area contributed by atoms with E-state index in [-0.39, 0.29) is 12.6 Å². The minimum absolute atomic E-state index is 0.0402. The molecule has 0 aromatic heterocycles. The molecular formula is C12H22N2O2. The molecule has 0 saturated heterocycles. The number of nitroso groups, excluding NO2 is 1. The summed E-state index contributed by atoms with van der Waals surface area (Å²) in [6.07, 6.45) is 2.85. The molecule has 2 unspecified atom stereocenters. The molecule has 0 spiro atoms. The second-order valence-corrected chi connectivity index (χ2v) is 4.14. The Bertz CT molecular complexity index is 245. The van der Waals surface area contributed by atoms with Crippen LogP contribution in [0.5, 0.6) is 0 Å². The molecule has 0 fully saturated rings. The lowest BCUT2D eigenvalue weighted by Crippen LogP contribution is -2.32. The second-order valence-electron chi connectivity index (χ2n) is 4.14. The molecule has 0 aromatic rings. The van der Waals surface area contributed by atoms with E-state index in [1.54, 1.807) is 6.92 Å². The van der Waals surface area contributed by atoms with Crippen molar-refractivity contribution in [2.45, 2.75) is 46.1 Å². The van der Waals surface area contributed by atoms with Gasteiger partial charge in [-0.05, 0) is 32.6 Å². The Balaban J connectivity index is 3.81. The minimum atomic E-state index is -0.194. The number of nitrogens with zero attached hydrogens (tertiary/aromatic N) is 2. The molecule has 0 heterocycles. The maximum Gasteiger partial charge on any atom is 0.0705 e. The Hall–Kier alpha value is -1.08. The molecular weight excluding hydrogens is 204 g/mol. The summed E-state index contributed by atoms with van der Waals surface area (Å²) in [5, 5.41) is 13.2. The standard InChI is InChI=1S/C12H22N2O2/c1-4-5-6-7-11(2)8-9-14(13-16)12(3)10-15/h11-12,15H,6-10H2,1-3H3. The minimum Gasteiger partial charge on any atom is -0.394 e. The molecule has 4 heteroatoms. The number of aliphatic hydroxyl groups is 1. The van der Waals surface area contributed by atoms with E-state index in [0.717, 1.165) is 19.3 Å². The van der Waals surface area contributed by atoms with Crippen molar-refractivity contribution in [3.63, 3.8) is 0 Å². The molecule has 4 nitrogen and oxygen atoms in total. The summed E-state index contributed by atoms with van der Waals surface area (Å²) in [5.74, 6) is 6.41. The van der Waals surface area contributed by atoms with Crippen LogP contribution in [0.15, 0.2) is 5.29 Å². The molecule has 0 aliphatic carbocycles. The quantitative estimate of drug-likeness (QED) is 0.392. The molecule has 0 aliphatic rings. The van der Waals surface area contributed by atoms with Gasteiger partial charge in [-0.15, -0.1) is 16.7 Å². The third kappa shape index (κ3) is 6.41. The summed E-state index contributed by atoms with van der Waals surface area (Å²) in [6, 6.07) is -0.194. The van der Waals surface area contributed by atoms with Crippen molar-refractivity contribution < 1.29 is 5.11 Å². The molecule has 0 aromatic carbocycles. The molecule has 16 heavy (non-hydrogen) atoms. The highest BCUT2D eigenvalue weighted by Crippen LogP contribution is 2.12. The molecule has 0 saturated carbocycles. The van der Waals surface area contributed by atoms with Crippen LogP contribution in [0.2, 0.25) is 0 Å². The van der Waals surface area contributed by atoms with E-state index in [1.165, 1.54) is 5.01 Å². The number of hydrogen-bond donors (Lipinski definition) is 1. The molecule has 0 amide bonds. The zero-order valence-electron chi connectivity index (χ0n) is 10.4. The summed E-state index contributed by atoms with van der Waals surface area (Å²) < 4.78 is 0. The Morgan fingerprint density at radius 3 is 2.56 bits per heavy atom. The predicted molar refractivity (Wildman–Crippen MR) is 65.5 cm³/mol. The average molecular weight is 226 g/mol. The first-order valence-corrected chi connectivity index (χ1v) is 5.76. The van der Waals surface area contributed by atoms with Crippen molar-refractivity contribution in [2.75, 3.05) is 13.2 Å². The topological polar surface area (TPSA) is 52.9 Å². The maximum atomic E-state index is 10.5. The van der Waals surface area contributed by atoms with Gasteiger partial charge in [-0.25, -0.2) is 0 Å². The van der Waals surface area contributed by atoms with Crippen molar-refractivity contribution in [1.29, 1.82) is 0 Å². The number of rotatable bonds is 8. The van der Waals surface area contributed by atoms with Gasteiger partial charge in [-0.1, -0.05) is 6.92 Å². The van der Waals surface area contributed by atoms with Gasteiger partial charge in [0, 0.05) is 13.0 Å². The van der Waals surface area contributed by atoms with Crippen LogP contribution in [0.25, 0.3) is 0 Å². The van der Waals surface area contributed by atoms with Gasteiger partial charge in [0.2, 0.25) is 0 Å². The summed E-state index contributed by atoms with van der Waals surface area (Å²) in [7, 11) is 0. The third-order valence-electron chi connectivity index (χ3n) is 2.67. The van der Waals surface area contributed by atoms with E-state index >= 15 is 0 Å². The summed E-state index contributed by atoms with van der Waals surface area (Å²) in [5.41, 5.74) is 0. The number of hydrogen-bond acceptors (Lipinski definition) is 3. The van der Waals surface area contributed by atoms with Crippen molar-refractivity contribution in [3.05, 3.63) is 4.91 Å². The molecule has 0 rings (SSSR count). The van der Waals surface area contributed by atoms with Crippen LogP contribution in [0, 0.1) is 22.7 Å². The van der Waals surface area contributed by atoms with Gasteiger partial charge in [-0.2, -0.15) is 0 Å². The lowest BCUT2D eigenvalue weighted by atomic mass is 10.0. The van der Waals surface area contributed by atoms with Gasteiger partial charge in [0.1, 0.15) is 0 Å². The van der Waals surface area contributed by atoms with Crippen molar-refractivity contribution in [2.24, 2.45) is 11.2 Å². The zero-order valence-corrected chi connectivity index (χ0v) is 10.4. The fraction of sp³-hybridized carbons (Fsp3) is 0.833. The Labute approximate surface area is 98.0 Å². The Kier molecular flexibility index (Phi) is 8.55. The first kappa shape index (κ1) is 14.9. The SMILES string of the molecule is CC#CCCC(C)CCN(N=O)C(C)CO. The molecule has 0 aliphatic heterocycles. The van der Waals surface area contributed by atoms with E-state index in [1.807, 2.05) is 6.92 Å². The van der Waals surface area contributed by atoms with Crippen LogP contribution in [0.1, 0.15) is 40.0 Å². The highest BCUT2D eigenvalue weighted by Gasteiger charge is 2.12. The van der Waals surface area contributed by atoms with Crippen LogP contribution in [-0.2, 0) is 0 Å². The third-order valence-corrected chi connectivity index (χ3v) is 2.67. The van der Waals surface area contributed by atoms with Crippen LogP contribution in [0.3, 0.4) is 0 Å². The Morgan fingerprint density at radius 1 is 1.38 bits per heavy atom. The van der Waals surface area contributed by atoms with Crippen LogP contribution < -0.4 is 0 Å². The van der Waals surface area contributed by atoms with Crippen molar-refractivity contribution in [3.8, 4) is 11.8 Å². The predicted octanol–water partition coefficient (Wildman–Crippen LogP) is 2.18. The second kappa shape index (κ2) is 9.17. The fourth-order valence-corrected chi connectivity index (χ4v) is 1.38. The van der Waals surface area contributed by atoms with E-state index in [2.05, 4.69) is 24.1 Å². The first-order valence-electron chi connectivity index (χ1n) is 5.76. The summed E-state index contributed by atoms with van der Waals surface area (Å²) >= 11 is 0. The van der Waals surface area contributed by atoms with Gasteiger partial charge in [0.05, 0.1) is 17.9 Å². The number of aliphatic hydroxyl groups excluding tert-OH is 1. The average Bonchev–Trinajstić information content (AvgIpc) is 2.29. The van der Waals surface area contributed by atoms with Crippen LogP contribution >= 0.6 is 0 Å². The first-order chi connectivity index (χ1) is 7.65. The summed E-state index contributed by atoms with van der Waals surface area (Å²) in [6.45, 7) is 6.33. The smallest absolute Gasteiger partial charge is 0.0705 e. The van der Waals surface area contributed by atoms with Crippen LogP contribution in [-0.4, -0.2) is 29.3 Å². The largest absolute Gasteiger partial charge is 0.394 e. The zero-order chi connectivity index (χ0) is 12.4. The Morgan fingerprint density at radius 2 is 2.06 bits per heavy atom. The van der Waals surface area contributed by atoms with E-state index in [9.17, 15) is 4.91 Å². The van der Waals surface area contributed by atoms with E-state index in [4.69, 9.17) is 5.11 Å². The highest BCUT2D eigenvalue weighted by atomic mass is 16.3. The molecule has 2 atom stereocenters. The highest BCUT2D eigenvalue weighted by molar-refractivity contribution is 4.94. The lowest BCUT2D eigenvalue weighted by Gasteiger charge is -2.22. The van der Waals surface area contributed by atoms with E-state index in [0.29, 0.717) is 12.5 Å². The van der Waals surface area contributed by atoms with Gasteiger partial charge in [0.15, 0.2) is 0 Å². The van der Waals surface area contributed by atoms with Crippen molar-refractivity contribution in [1.82, 2.24) is 5.01 Å². The maximum absolute atomic E-state index is 10.5. The fourth-order valence-electron chi connectivity index (χ4n) is 1.38. The monoisotopic (exact) mass is 226 g/mol. The molecule has 1 N–H and O–H groups in total. The molecule has 0 radical (unpaired) electrons. The molecule has 92 valence electrons. The van der Waals surface area contributed by atoms with Gasteiger partial charge in [-0.3, -0.25) is 5.01 Å². The lowest BCUT2D eigenvalue weighted by molar-refractivity contribution is 0.130. The van der Waals surface area contributed by atoms with E-state index < -0.39 is 0 Å². The van der Waals surface area contributed by atoms with Crippen LogP contribution in [0.4, 0.5) is 0 Å². The van der Waals surface area contributed by atoms with Gasteiger partial charge in [0.25, 0.3) is 0 Å². The van der Waals surface area contributed by atoms with Crippen molar-refractivity contribution >= 4 is 0 Å². The normalized spacial score (nSPS) is 13.5. The molecule has 0 bridgehead atoms.